The Hall–Kier alpha value is -2.37. The van der Waals surface area contributed by atoms with E-state index in [1.807, 2.05) is 0 Å². The van der Waals surface area contributed by atoms with Gasteiger partial charge in [0.15, 0.2) is 0 Å². The van der Waals surface area contributed by atoms with Gasteiger partial charge in [0, 0.05) is 18.1 Å². The largest absolute Gasteiger partial charge is 0.550 e. The number of benzene rings is 1. The van der Waals surface area contributed by atoms with Crippen molar-refractivity contribution in [2.45, 2.75) is 19.8 Å². The number of aryl methyl sites for hydroxylation is 1. The molecule has 1 aromatic rings. The summed E-state index contributed by atoms with van der Waals surface area (Å²) in [6.45, 7) is 1.69. The van der Waals surface area contributed by atoms with Crippen LogP contribution in [-0.2, 0) is 9.59 Å². The van der Waals surface area contributed by atoms with Gasteiger partial charge in [-0.15, -0.1) is 0 Å². The number of carbonyl (C=O) groups is 3. The Labute approximate surface area is 103 Å². The van der Waals surface area contributed by atoms with Gasteiger partial charge >= 0.3 is 0 Å². The standard InChI is InChI=1S/C12H13NO5/c1-7-2-3-8(12(17)18)6-9(7)13-10(14)4-5-11(15)16/h2-3,6H,4-5H2,1H3,(H,13,14)(H,15,16)(H,17,18)/p-2. The highest BCUT2D eigenvalue weighted by molar-refractivity contribution is 5.95. The first-order valence-electron chi connectivity index (χ1n) is 5.22. The minimum atomic E-state index is -1.35. The number of carboxylic acid groups (broad SMARTS) is 2. The average Bonchev–Trinajstić information content (AvgIpc) is 2.29. The molecule has 1 rings (SSSR count). The molecule has 0 spiro atoms. The second-order valence-corrected chi connectivity index (χ2v) is 3.74. The summed E-state index contributed by atoms with van der Waals surface area (Å²) in [6.07, 6.45) is -0.609. The SMILES string of the molecule is Cc1ccc(C(=O)[O-])cc1NC(=O)CCC(=O)[O-]. The fraction of sp³-hybridized carbons (Fsp3) is 0.250. The van der Waals surface area contributed by atoms with Crippen molar-refractivity contribution in [3.05, 3.63) is 29.3 Å². The predicted octanol–water partition coefficient (Wildman–Crippen LogP) is -1.17. The lowest BCUT2D eigenvalue weighted by molar-refractivity contribution is -0.305. The van der Waals surface area contributed by atoms with Gasteiger partial charge in [-0.2, -0.15) is 0 Å². The van der Waals surface area contributed by atoms with E-state index in [1.165, 1.54) is 18.2 Å². The van der Waals surface area contributed by atoms with E-state index in [9.17, 15) is 24.6 Å². The maximum Gasteiger partial charge on any atom is 0.224 e. The van der Waals surface area contributed by atoms with Crippen LogP contribution in [0.15, 0.2) is 18.2 Å². The molecule has 0 aliphatic heterocycles. The molecule has 6 nitrogen and oxygen atoms in total. The number of amides is 1. The van der Waals surface area contributed by atoms with E-state index in [2.05, 4.69) is 5.32 Å². The minimum Gasteiger partial charge on any atom is -0.550 e. The van der Waals surface area contributed by atoms with Crippen molar-refractivity contribution < 1.29 is 24.6 Å². The third kappa shape index (κ3) is 3.89. The van der Waals surface area contributed by atoms with Gasteiger partial charge in [0.25, 0.3) is 0 Å². The molecule has 0 unspecified atom stereocenters. The first-order valence-corrected chi connectivity index (χ1v) is 5.22. The van der Waals surface area contributed by atoms with Crippen LogP contribution >= 0.6 is 0 Å². The van der Waals surface area contributed by atoms with Crippen molar-refractivity contribution in [1.29, 1.82) is 0 Å². The van der Waals surface area contributed by atoms with Gasteiger partial charge in [-0.3, -0.25) is 4.79 Å². The van der Waals surface area contributed by atoms with Crippen molar-refractivity contribution in [1.82, 2.24) is 0 Å². The van der Waals surface area contributed by atoms with E-state index in [0.29, 0.717) is 11.3 Å². The average molecular weight is 249 g/mol. The summed E-state index contributed by atoms with van der Waals surface area (Å²) < 4.78 is 0. The van der Waals surface area contributed by atoms with Crippen LogP contribution in [0.1, 0.15) is 28.8 Å². The van der Waals surface area contributed by atoms with Crippen LogP contribution in [0.3, 0.4) is 0 Å². The second-order valence-electron chi connectivity index (χ2n) is 3.74. The van der Waals surface area contributed by atoms with Crippen molar-refractivity contribution in [2.75, 3.05) is 5.32 Å². The lowest BCUT2D eigenvalue weighted by atomic mass is 10.1. The molecule has 0 atom stereocenters. The smallest absolute Gasteiger partial charge is 0.224 e. The Balaban J connectivity index is 2.77. The molecule has 1 amide bonds. The van der Waals surface area contributed by atoms with E-state index in [4.69, 9.17) is 0 Å². The molecule has 6 heteroatoms. The van der Waals surface area contributed by atoms with Crippen LogP contribution in [0.2, 0.25) is 0 Å². The van der Waals surface area contributed by atoms with E-state index in [0.717, 1.165) is 0 Å². The third-order valence-electron chi connectivity index (χ3n) is 2.30. The highest BCUT2D eigenvalue weighted by Gasteiger charge is 2.06. The molecule has 0 bridgehead atoms. The van der Waals surface area contributed by atoms with Gasteiger partial charge in [-0.05, 0) is 30.5 Å². The number of aromatic carboxylic acids is 1. The van der Waals surface area contributed by atoms with Gasteiger partial charge in [-0.1, -0.05) is 12.1 Å². The summed E-state index contributed by atoms with van der Waals surface area (Å²) in [5, 5.41) is 23.3. The Morgan fingerprint density at radius 3 is 2.39 bits per heavy atom. The van der Waals surface area contributed by atoms with Crippen LogP contribution in [0.25, 0.3) is 0 Å². The minimum absolute atomic E-state index is 0.0594. The molecular weight excluding hydrogens is 238 g/mol. The number of hydrogen-bond acceptors (Lipinski definition) is 5. The molecule has 0 saturated carbocycles. The third-order valence-corrected chi connectivity index (χ3v) is 2.30. The van der Waals surface area contributed by atoms with Crippen molar-refractivity contribution >= 4 is 23.5 Å². The normalized spacial score (nSPS) is 9.83. The molecule has 18 heavy (non-hydrogen) atoms. The summed E-state index contributed by atoms with van der Waals surface area (Å²) in [7, 11) is 0. The zero-order valence-corrected chi connectivity index (χ0v) is 9.69. The van der Waals surface area contributed by atoms with Crippen LogP contribution in [0.5, 0.6) is 0 Å². The number of hydrogen-bond donors (Lipinski definition) is 1. The Morgan fingerprint density at radius 1 is 1.17 bits per heavy atom. The van der Waals surface area contributed by atoms with E-state index >= 15 is 0 Å². The second kappa shape index (κ2) is 5.81. The fourth-order valence-corrected chi connectivity index (χ4v) is 1.31. The quantitative estimate of drug-likeness (QED) is 0.706. The molecule has 0 aromatic heterocycles. The zero-order valence-electron chi connectivity index (χ0n) is 9.69. The molecule has 0 aliphatic rings. The first-order chi connectivity index (χ1) is 8.40. The topological polar surface area (TPSA) is 109 Å². The summed E-state index contributed by atoms with van der Waals surface area (Å²) in [5.74, 6) is -3.18. The molecule has 0 aliphatic carbocycles. The number of nitrogens with one attached hydrogen (secondary N) is 1. The van der Waals surface area contributed by atoms with Crippen LogP contribution in [-0.4, -0.2) is 17.8 Å². The highest BCUT2D eigenvalue weighted by Crippen LogP contribution is 2.17. The maximum absolute atomic E-state index is 11.4. The van der Waals surface area contributed by atoms with Gasteiger partial charge < -0.3 is 25.1 Å². The lowest BCUT2D eigenvalue weighted by Gasteiger charge is -2.11. The van der Waals surface area contributed by atoms with Crippen LogP contribution in [0.4, 0.5) is 5.69 Å². The van der Waals surface area contributed by atoms with Gasteiger partial charge in [-0.25, -0.2) is 0 Å². The lowest BCUT2D eigenvalue weighted by Crippen LogP contribution is -2.25. The zero-order chi connectivity index (χ0) is 13.7. The molecule has 1 N–H and O–H groups in total. The van der Waals surface area contributed by atoms with Crippen molar-refractivity contribution in [3.63, 3.8) is 0 Å². The summed E-state index contributed by atoms with van der Waals surface area (Å²) >= 11 is 0. The number of anilines is 1. The Bertz CT molecular complexity index is 495. The Morgan fingerprint density at radius 2 is 1.83 bits per heavy atom. The fourth-order valence-electron chi connectivity index (χ4n) is 1.31. The molecule has 0 heterocycles. The Kier molecular flexibility index (Phi) is 4.42. The van der Waals surface area contributed by atoms with Gasteiger partial charge in [0.1, 0.15) is 0 Å². The summed E-state index contributed by atoms with van der Waals surface area (Å²) in [6, 6.07) is 4.16. The summed E-state index contributed by atoms with van der Waals surface area (Å²) in [5.41, 5.74) is 0.928. The molecule has 0 fully saturated rings. The van der Waals surface area contributed by atoms with Crippen LogP contribution in [0, 0.1) is 6.92 Å². The monoisotopic (exact) mass is 249 g/mol. The van der Waals surface area contributed by atoms with Gasteiger partial charge in [0.05, 0.1) is 5.97 Å². The highest BCUT2D eigenvalue weighted by atomic mass is 16.4. The number of carbonyl (C=O) groups excluding carboxylic acids is 3. The number of rotatable bonds is 5. The molecular formula is C12H11NO5-2. The molecule has 1 aromatic carbocycles. The predicted molar refractivity (Wildman–Crippen MR) is 58.4 cm³/mol. The molecule has 0 radical (unpaired) electrons. The number of aliphatic carboxylic acids is 1. The van der Waals surface area contributed by atoms with Crippen molar-refractivity contribution in [2.24, 2.45) is 0 Å². The molecule has 0 saturated heterocycles. The van der Waals surface area contributed by atoms with Crippen LogP contribution < -0.4 is 15.5 Å². The van der Waals surface area contributed by atoms with E-state index < -0.39 is 17.8 Å². The first kappa shape index (κ1) is 13.7. The maximum atomic E-state index is 11.4. The number of carboxylic acids is 2. The molecule has 96 valence electrons. The van der Waals surface area contributed by atoms with Gasteiger partial charge in [0.2, 0.25) is 5.91 Å². The van der Waals surface area contributed by atoms with Crippen molar-refractivity contribution in [3.8, 4) is 0 Å². The van der Waals surface area contributed by atoms with E-state index in [-0.39, 0.29) is 18.4 Å². The van der Waals surface area contributed by atoms with E-state index in [1.54, 1.807) is 6.92 Å². The summed E-state index contributed by atoms with van der Waals surface area (Å²) in [4.78, 5) is 32.2.